The number of imidazole rings is 1. The summed E-state index contributed by atoms with van der Waals surface area (Å²) in [6.45, 7) is 0. The van der Waals surface area contributed by atoms with Gasteiger partial charge < -0.3 is 15.3 Å². The van der Waals surface area contributed by atoms with Crippen molar-refractivity contribution < 1.29 is 4.39 Å². The van der Waals surface area contributed by atoms with Crippen molar-refractivity contribution in [2.75, 3.05) is 7.05 Å². The largest absolute Gasteiger partial charge is 0.323 e. The summed E-state index contributed by atoms with van der Waals surface area (Å²) in [7, 11) is 1.86. The van der Waals surface area contributed by atoms with Crippen LogP contribution in [-0.2, 0) is 0 Å². The quantitative estimate of drug-likeness (QED) is 0.596. The van der Waals surface area contributed by atoms with Gasteiger partial charge in [-0.05, 0) is 65.0 Å². The molecule has 0 saturated carbocycles. The lowest BCUT2D eigenvalue weighted by Crippen LogP contribution is -2.18. The molecule has 0 spiro atoms. The maximum atomic E-state index is 13.3. The van der Waals surface area contributed by atoms with Crippen LogP contribution < -0.4 is 11.0 Å². The first kappa shape index (κ1) is 14.3. The number of nitrogens with one attached hydrogen (secondary N) is 3. The zero-order valence-corrected chi connectivity index (χ0v) is 13.4. The van der Waals surface area contributed by atoms with E-state index in [-0.39, 0.29) is 17.5 Å². The van der Waals surface area contributed by atoms with Gasteiger partial charge in [0.25, 0.3) is 0 Å². The number of H-pyrrole nitrogens is 2. The average molecular weight is 397 g/mol. The second kappa shape index (κ2) is 5.61. The summed E-state index contributed by atoms with van der Waals surface area (Å²) in [6, 6.07) is 10.4. The maximum Gasteiger partial charge on any atom is 0.323 e. The molecule has 3 rings (SSSR count). The van der Waals surface area contributed by atoms with E-state index in [1.807, 2.05) is 25.2 Å². The normalized spacial score (nSPS) is 12.7. The summed E-state index contributed by atoms with van der Waals surface area (Å²) < 4.78 is 14.1. The molecule has 0 radical (unpaired) electrons. The molecular formula is C15H13FIN3O. The third kappa shape index (κ3) is 2.73. The molecule has 1 aromatic heterocycles. The Balaban J connectivity index is 2.10. The van der Waals surface area contributed by atoms with Gasteiger partial charge in [-0.3, -0.25) is 0 Å². The highest BCUT2D eigenvalue weighted by atomic mass is 127. The van der Waals surface area contributed by atoms with Crippen LogP contribution in [0.15, 0.2) is 41.2 Å². The van der Waals surface area contributed by atoms with Crippen LogP contribution in [0.3, 0.4) is 0 Å². The molecule has 1 heterocycles. The van der Waals surface area contributed by atoms with Gasteiger partial charge >= 0.3 is 5.69 Å². The van der Waals surface area contributed by atoms with Crippen molar-refractivity contribution in [3.8, 4) is 0 Å². The molecule has 1 atom stereocenters. The minimum absolute atomic E-state index is 0.0692. The fourth-order valence-corrected chi connectivity index (χ4v) is 3.26. The molecule has 4 nitrogen and oxygen atoms in total. The molecule has 0 amide bonds. The van der Waals surface area contributed by atoms with E-state index in [2.05, 4.69) is 37.9 Å². The molecule has 2 aromatic carbocycles. The average Bonchev–Trinajstić information content (AvgIpc) is 2.81. The lowest BCUT2D eigenvalue weighted by Gasteiger charge is -2.19. The first-order valence-corrected chi connectivity index (χ1v) is 7.50. The summed E-state index contributed by atoms with van der Waals surface area (Å²) in [4.78, 5) is 16.8. The summed E-state index contributed by atoms with van der Waals surface area (Å²) >= 11 is 2.13. The Bertz CT molecular complexity index is 855. The predicted octanol–water partition coefficient (Wildman–Crippen LogP) is 2.91. The first-order valence-electron chi connectivity index (χ1n) is 6.42. The Hall–Kier alpha value is -1.67. The van der Waals surface area contributed by atoms with Gasteiger partial charge in [-0.25, -0.2) is 9.18 Å². The zero-order valence-electron chi connectivity index (χ0n) is 11.2. The summed E-state index contributed by atoms with van der Waals surface area (Å²) in [5.74, 6) is -0.247. The number of benzene rings is 2. The highest BCUT2D eigenvalue weighted by Gasteiger charge is 2.16. The van der Waals surface area contributed by atoms with Crippen LogP contribution >= 0.6 is 22.6 Å². The molecule has 0 fully saturated rings. The molecule has 0 aliphatic carbocycles. The number of fused-ring (bicyclic) bond motifs is 1. The molecule has 0 saturated heterocycles. The highest BCUT2D eigenvalue weighted by Crippen LogP contribution is 2.27. The number of aromatic amines is 2. The Kier molecular flexibility index (Phi) is 3.81. The topological polar surface area (TPSA) is 60.7 Å². The van der Waals surface area contributed by atoms with Gasteiger partial charge in [-0.15, -0.1) is 0 Å². The summed E-state index contributed by atoms with van der Waals surface area (Å²) in [5, 5.41) is 3.24. The molecular weight excluding hydrogens is 384 g/mol. The molecule has 0 aliphatic rings. The van der Waals surface area contributed by atoms with Gasteiger partial charge in [-0.1, -0.05) is 12.1 Å². The van der Waals surface area contributed by atoms with Crippen LogP contribution in [0, 0.1) is 9.39 Å². The number of hydrogen-bond donors (Lipinski definition) is 3. The second-order valence-electron chi connectivity index (χ2n) is 4.77. The fraction of sp³-hybridized carbons (Fsp3) is 0.133. The van der Waals surface area contributed by atoms with Gasteiger partial charge in [0.05, 0.1) is 17.1 Å². The van der Waals surface area contributed by atoms with Crippen LogP contribution in [0.5, 0.6) is 0 Å². The van der Waals surface area contributed by atoms with Crippen molar-refractivity contribution >= 4 is 33.6 Å². The molecule has 6 heteroatoms. The lowest BCUT2D eigenvalue weighted by atomic mass is 9.98. The van der Waals surface area contributed by atoms with Gasteiger partial charge in [0.2, 0.25) is 0 Å². The predicted molar refractivity (Wildman–Crippen MR) is 88.9 cm³/mol. The monoisotopic (exact) mass is 397 g/mol. The van der Waals surface area contributed by atoms with Crippen molar-refractivity contribution in [1.29, 1.82) is 0 Å². The Morgan fingerprint density at radius 3 is 2.62 bits per heavy atom. The van der Waals surface area contributed by atoms with E-state index in [0.29, 0.717) is 0 Å². The minimum Gasteiger partial charge on any atom is -0.309 e. The van der Waals surface area contributed by atoms with E-state index in [1.54, 1.807) is 6.07 Å². The molecule has 3 N–H and O–H groups in total. The minimum atomic E-state index is -0.247. The third-order valence-electron chi connectivity index (χ3n) is 3.44. The zero-order chi connectivity index (χ0) is 15.0. The van der Waals surface area contributed by atoms with Gasteiger partial charge in [-0.2, -0.15) is 0 Å². The first-order chi connectivity index (χ1) is 10.1. The summed E-state index contributed by atoms with van der Waals surface area (Å²) in [5.41, 5.74) is 3.31. The molecule has 0 bridgehead atoms. The number of hydrogen-bond acceptors (Lipinski definition) is 2. The van der Waals surface area contributed by atoms with Gasteiger partial charge in [0.15, 0.2) is 0 Å². The summed E-state index contributed by atoms with van der Waals surface area (Å²) in [6.07, 6.45) is 0. The molecule has 1 unspecified atom stereocenters. The Morgan fingerprint density at radius 1 is 1.14 bits per heavy atom. The van der Waals surface area contributed by atoms with Crippen molar-refractivity contribution in [1.82, 2.24) is 15.3 Å². The fourth-order valence-electron chi connectivity index (χ4n) is 2.47. The molecule has 108 valence electrons. The third-order valence-corrected chi connectivity index (χ3v) is 4.37. The van der Waals surface area contributed by atoms with Crippen molar-refractivity contribution in [2.24, 2.45) is 0 Å². The van der Waals surface area contributed by atoms with Crippen LogP contribution in [-0.4, -0.2) is 17.0 Å². The van der Waals surface area contributed by atoms with E-state index in [4.69, 9.17) is 0 Å². The van der Waals surface area contributed by atoms with Crippen molar-refractivity contribution in [2.45, 2.75) is 6.04 Å². The molecule has 0 aliphatic heterocycles. The van der Waals surface area contributed by atoms with E-state index >= 15 is 0 Å². The van der Waals surface area contributed by atoms with Crippen molar-refractivity contribution in [3.63, 3.8) is 0 Å². The number of rotatable bonds is 3. The standard InChI is InChI=1S/C15H13FIN3O/c1-18-14(10-4-3-9(16)7-11(10)17)8-2-5-12-13(6-8)20-15(21)19-12/h2-7,14,18H,1H3,(H2,19,20,21). The lowest BCUT2D eigenvalue weighted by molar-refractivity contribution is 0.621. The van der Waals surface area contributed by atoms with Crippen LogP contribution in [0.1, 0.15) is 17.2 Å². The van der Waals surface area contributed by atoms with E-state index in [1.165, 1.54) is 12.1 Å². The van der Waals surface area contributed by atoms with E-state index in [9.17, 15) is 9.18 Å². The maximum absolute atomic E-state index is 13.3. The number of halogens is 2. The van der Waals surface area contributed by atoms with E-state index < -0.39 is 0 Å². The SMILES string of the molecule is CNC(c1ccc2[nH]c(=O)[nH]c2c1)c1ccc(F)cc1I. The van der Waals surface area contributed by atoms with Crippen LogP contribution in [0.2, 0.25) is 0 Å². The number of aromatic nitrogens is 2. The second-order valence-corrected chi connectivity index (χ2v) is 5.93. The van der Waals surface area contributed by atoms with Crippen molar-refractivity contribution in [3.05, 3.63) is 67.4 Å². The van der Waals surface area contributed by atoms with Gasteiger partial charge in [0.1, 0.15) is 5.82 Å². The smallest absolute Gasteiger partial charge is 0.309 e. The molecule has 3 aromatic rings. The van der Waals surface area contributed by atoms with E-state index in [0.717, 1.165) is 25.7 Å². The highest BCUT2D eigenvalue weighted by molar-refractivity contribution is 14.1. The van der Waals surface area contributed by atoms with Gasteiger partial charge in [0, 0.05) is 3.57 Å². The molecule has 21 heavy (non-hydrogen) atoms. The van der Waals surface area contributed by atoms with Crippen LogP contribution in [0.4, 0.5) is 4.39 Å². The Morgan fingerprint density at radius 2 is 1.90 bits per heavy atom. The Labute approximate surface area is 133 Å². The van der Waals surface area contributed by atoms with Crippen LogP contribution in [0.25, 0.3) is 11.0 Å².